The number of aromatic nitrogens is 1. The molecule has 1 aromatic heterocycles. The predicted octanol–water partition coefficient (Wildman–Crippen LogP) is 3.44. The number of hydrogen-bond acceptors (Lipinski definition) is 4. The molecule has 0 aliphatic heterocycles. The van der Waals surface area contributed by atoms with Crippen LogP contribution in [0.2, 0.25) is 0 Å². The SMILES string of the molecule is CN=C(NCCCCCOC)NCc1coc(-c2ccccc2)n1.I. The average molecular weight is 458 g/mol. The molecular formula is C18H27IN4O2. The summed E-state index contributed by atoms with van der Waals surface area (Å²) in [5.74, 6) is 1.40. The van der Waals surface area contributed by atoms with Gasteiger partial charge >= 0.3 is 0 Å². The van der Waals surface area contributed by atoms with Gasteiger partial charge in [0, 0.05) is 32.9 Å². The molecule has 0 atom stereocenters. The fourth-order valence-corrected chi connectivity index (χ4v) is 2.25. The first-order chi connectivity index (χ1) is 11.8. The Morgan fingerprint density at radius 1 is 1.16 bits per heavy atom. The Morgan fingerprint density at radius 3 is 2.68 bits per heavy atom. The Morgan fingerprint density at radius 2 is 1.96 bits per heavy atom. The van der Waals surface area contributed by atoms with Crippen molar-refractivity contribution in [1.29, 1.82) is 0 Å². The predicted molar refractivity (Wildman–Crippen MR) is 111 cm³/mol. The molecule has 7 heteroatoms. The number of nitrogens with one attached hydrogen (secondary N) is 2. The normalized spacial score (nSPS) is 11.0. The smallest absolute Gasteiger partial charge is 0.226 e. The van der Waals surface area contributed by atoms with Gasteiger partial charge in [0.25, 0.3) is 0 Å². The molecule has 0 radical (unpaired) electrons. The van der Waals surface area contributed by atoms with Crippen molar-refractivity contribution in [2.45, 2.75) is 25.8 Å². The van der Waals surface area contributed by atoms with Gasteiger partial charge in [0.15, 0.2) is 5.96 Å². The zero-order chi connectivity index (χ0) is 17.0. The summed E-state index contributed by atoms with van der Waals surface area (Å²) in [5, 5.41) is 6.54. The highest BCUT2D eigenvalue weighted by Crippen LogP contribution is 2.17. The number of rotatable bonds is 9. The number of ether oxygens (including phenoxy) is 1. The van der Waals surface area contributed by atoms with Gasteiger partial charge in [0.05, 0.1) is 12.2 Å². The Bertz CT molecular complexity index is 617. The molecule has 2 aromatic rings. The van der Waals surface area contributed by atoms with E-state index in [1.54, 1.807) is 20.4 Å². The summed E-state index contributed by atoms with van der Waals surface area (Å²) >= 11 is 0. The molecule has 25 heavy (non-hydrogen) atoms. The van der Waals surface area contributed by atoms with Crippen LogP contribution in [0.4, 0.5) is 0 Å². The topological polar surface area (TPSA) is 71.7 Å². The quantitative estimate of drug-likeness (QED) is 0.261. The highest BCUT2D eigenvalue weighted by molar-refractivity contribution is 14.0. The van der Waals surface area contributed by atoms with Crippen molar-refractivity contribution in [1.82, 2.24) is 15.6 Å². The van der Waals surface area contributed by atoms with E-state index in [4.69, 9.17) is 9.15 Å². The first-order valence-electron chi connectivity index (χ1n) is 8.26. The van der Waals surface area contributed by atoms with Gasteiger partial charge in [-0.3, -0.25) is 4.99 Å². The lowest BCUT2D eigenvalue weighted by Crippen LogP contribution is -2.37. The molecule has 0 spiro atoms. The molecular weight excluding hydrogens is 431 g/mol. The summed E-state index contributed by atoms with van der Waals surface area (Å²) < 4.78 is 10.6. The van der Waals surface area contributed by atoms with E-state index in [2.05, 4.69) is 20.6 Å². The number of benzene rings is 1. The van der Waals surface area contributed by atoms with E-state index in [-0.39, 0.29) is 24.0 Å². The standard InChI is InChI=1S/C18H26N4O2.HI/c1-19-18(20-11-7-4-8-12-23-2)21-13-16-14-24-17(22-16)15-9-5-3-6-10-15;/h3,5-6,9-10,14H,4,7-8,11-13H2,1-2H3,(H2,19,20,21);1H. The second kappa shape index (κ2) is 12.7. The minimum absolute atomic E-state index is 0. The molecule has 0 bridgehead atoms. The Balaban J connectivity index is 0.00000312. The summed E-state index contributed by atoms with van der Waals surface area (Å²) in [6.07, 6.45) is 4.99. The van der Waals surface area contributed by atoms with Crippen LogP contribution in [0.15, 0.2) is 46.0 Å². The number of aliphatic imine (C=N–C) groups is 1. The fourth-order valence-electron chi connectivity index (χ4n) is 2.25. The van der Waals surface area contributed by atoms with E-state index in [0.717, 1.165) is 49.6 Å². The van der Waals surface area contributed by atoms with Crippen molar-refractivity contribution < 1.29 is 9.15 Å². The third-order valence-corrected chi connectivity index (χ3v) is 3.55. The Kier molecular flexibility index (Phi) is 10.9. The molecule has 2 N–H and O–H groups in total. The number of guanidine groups is 1. The molecule has 2 rings (SSSR count). The van der Waals surface area contributed by atoms with Crippen molar-refractivity contribution in [3.8, 4) is 11.5 Å². The van der Waals surface area contributed by atoms with Crippen LogP contribution >= 0.6 is 24.0 Å². The maximum absolute atomic E-state index is 5.53. The summed E-state index contributed by atoms with van der Waals surface area (Å²) in [7, 11) is 3.50. The third kappa shape index (κ3) is 7.87. The maximum Gasteiger partial charge on any atom is 0.226 e. The zero-order valence-corrected chi connectivity index (χ0v) is 17.2. The number of methoxy groups -OCH3 is 1. The monoisotopic (exact) mass is 458 g/mol. The van der Waals surface area contributed by atoms with E-state index in [1.165, 1.54) is 0 Å². The summed E-state index contributed by atoms with van der Waals surface area (Å²) in [6.45, 7) is 2.28. The molecule has 0 amide bonds. The second-order valence-electron chi connectivity index (χ2n) is 5.42. The molecule has 1 heterocycles. The van der Waals surface area contributed by atoms with Gasteiger partial charge in [-0.25, -0.2) is 4.98 Å². The molecule has 0 saturated heterocycles. The third-order valence-electron chi connectivity index (χ3n) is 3.55. The van der Waals surface area contributed by atoms with Crippen LogP contribution in [0.1, 0.15) is 25.0 Å². The lowest BCUT2D eigenvalue weighted by Gasteiger charge is -2.10. The molecule has 0 fully saturated rings. The lowest BCUT2D eigenvalue weighted by atomic mass is 10.2. The van der Waals surface area contributed by atoms with Crippen LogP contribution < -0.4 is 10.6 Å². The molecule has 0 aliphatic rings. The van der Waals surface area contributed by atoms with E-state index >= 15 is 0 Å². The maximum atomic E-state index is 5.53. The molecule has 0 saturated carbocycles. The van der Waals surface area contributed by atoms with E-state index in [0.29, 0.717) is 12.4 Å². The molecule has 0 unspecified atom stereocenters. The molecule has 138 valence electrons. The number of unbranched alkanes of at least 4 members (excludes halogenated alkanes) is 2. The van der Waals surface area contributed by atoms with Crippen molar-refractivity contribution >= 4 is 29.9 Å². The molecule has 6 nitrogen and oxygen atoms in total. The first-order valence-corrected chi connectivity index (χ1v) is 8.26. The van der Waals surface area contributed by atoms with Crippen LogP contribution in [0.25, 0.3) is 11.5 Å². The van der Waals surface area contributed by atoms with Crippen molar-refractivity contribution in [3.05, 3.63) is 42.3 Å². The molecule has 1 aromatic carbocycles. The second-order valence-corrected chi connectivity index (χ2v) is 5.42. The van der Waals surface area contributed by atoms with Gasteiger partial charge in [-0.05, 0) is 31.4 Å². The van der Waals surface area contributed by atoms with Crippen molar-refractivity contribution in [2.75, 3.05) is 27.3 Å². The minimum Gasteiger partial charge on any atom is -0.444 e. The minimum atomic E-state index is 0. The van der Waals surface area contributed by atoms with Crippen LogP contribution in [-0.4, -0.2) is 38.3 Å². The largest absolute Gasteiger partial charge is 0.444 e. The number of oxazole rings is 1. The molecule has 0 aliphatic carbocycles. The van der Waals surface area contributed by atoms with Gasteiger partial charge in [0.2, 0.25) is 5.89 Å². The van der Waals surface area contributed by atoms with Crippen LogP contribution in [-0.2, 0) is 11.3 Å². The van der Waals surface area contributed by atoms with Crippen molar-refractivity contribution in [3.63, 3.8) is 0 Å². The number of hydrogen-bond donors (Lipinski definition) is 2. The van der Waals surface area contributed by atoms with Crippen molar-refractivity contribution in [2.24, 2.45) is 4.99 Å². The summed E-state index contributed by atoms with van der Waals surface area (Å²) in [6, 6.07) is 9.87. The van der Waals surface area contributed by atoms with Gasteiger partial charge in [0.1, 0.15) is 6.26 Å². The Hall–Kier alpha value is -1.61. The van der Waals surface area contributed by atoms with Gasteiger partial charge in [-0.2, -0.15) is 0 Å². The van der Waals surface area contributed by atoms with Crippen LogP contribution in [0.3, 0.4) is 0 Å². The van der Waals surface area contributed by atoms with Gasteiger partial charge in [-0.15, -0.1) is 24.0 Å². The van der Waals surface area contributed by atoms with Crippen LogP contribution in [0.5, 0.6) is 0 Å². The van der Waals surface area contributed by atoms with E-state index in [1.807, 2.05) is 30.3 Å². The highest BCUT2D eigenvalue weighted by atomic mass is 127. The lowest BCUT2D eigenvalue weighted by molar-refractivity contribution is 0.192. The number of halogens is 1. The average Bonchev–Trinajstić information content (AvgIpc) is 3.10. The highest BCUT2D eigenvalue weighted by Gasteiger charge is 2.06. The van der Waals surface area contributed by atoms with Gasteiger partial charge < -0.3 is 19.8 Å². The van der Waals surface area contributed by atoms with E-state index < -0.39 is 0 Å². The Labute approximate surface area is 166 Å². The van der Waals surface area contributed by atoms with Crippen LogP contribution in [0, 0.1) is 0 Å². The van der Waals surface area contributed by atoms with E-state index in [9.17, 15) is 0 Å². The zero-order valence-electron chi connectivity index (χ0n) is 14.8. The summed E-state index contributed by atoms with van der Waals surface area (Å²) in [4.78, 5) is 8.70. The number of nitrogens with zero attached hydrogens (tertiary/aromatic N) is 2. The fraction of sp³-hybridized carbons (Fsp3) is 0.444. The first kappa shape index (κ1) is 21.4. The summed E-state index contributed by atoms with van der Waals surface area (Å²) in [5.41, 5.74) is 1.82. The van der Waals surface area contributed by atoms with Gasteiger partial charge in [-0.1, -0.05) is 18.2 Å².